The minimum atomic E-state index is -2.02. The summed E-state index contributed by atoms with van der Waals surface area (Å²) in [6.07, 6.45) is 6.35. The molecular formula is C49H59N3O13. The molecule has 4 aliphatic rings. The van der Waals surface area contributed by atoms with E-state index in [-0.39, 0.29) is 61.7 Å². The topological polar surface area (TPSA) is 214 Å². The molecule has 0 aliphatic carbocycles. The van der Waals surface area contributed by atoms with Gasteiger partial charge in [-0.1, -0.05) is 45.9 Å². The van der Waals surface area contributed by atoms with Gasteiger partial charge in [0.05, 0.1) is 35.5 Å². The highest BCUT2D eigenvalue weighted by molar-refractivity contribution is 6.26. The van der Waals surface area contributed by atoms with Crippen molar-refractivity contribution >= 4 is 56.3 Å². The zero-order valence-corrected chi connectivity index (χ0v) is 38.5. The van der Waals surface area contributed by atoms with E-state index in [2.05, 4.69) is 10.6 Å². The number of esters is 1. The van der Waals surface area contributed by atoms with Gasteiger partial charge in [-0.15, -0.1) is 0 Å². The highest BCUT2D eigenvalue weighted by Gasteiger charge is 2.49. The maximum absolute atomic E-state index is 14.8. The van der Waals surface area contributed by atoms with Crippen molar-refractivity contribution < 1.29 is 57.4 Å². The van der Waals surface area contributed by atoms with Gasteiger partial charge in [0.1, 0.15) is 40.4 Å². The van der Waals surface area contributed by atoms with Crippen LogP contribution in [0.2, 0.25) is 0 Å². The predicted molar refractivity (Wildman–Crippen MR) is 243 cm³/mol. The van der Waals surface area contributed by atoms with Gasteiger partial charge in [0, 0.05) is 74.3 Å². The number of hydrogen-bond donors (Lipinski definition) is 4. The molecule has 0 spiro atoms. The SMILES string of the molecule is CO[C@H]1[C@@H](C)[C@H](OC(C)=O)[C@H](C)[C@@H](OC)/C=C/O[C@@]2(C)Oc3c(C)c(=O)c4c(O)c(c5oc6cc(OC7CCNCC7)ccc6nc5c4c3C2=O)NC(=O)/C(C)=C\C=C\[C@H](C)[C@H](O)[C@H]1C. The summed E-state index contributed by atoms with van der Waals surface area (Å²) in [5, 5.41) is 29.5. The van der Waals surface area contributed by atoms with Crippen LogP contribution in [-0.4, -0.2) is 96.5 Å². The van der Waals surface area contributed by atoms with Gasteiger partial charge >= 0.3 is 11.8 Å². The Balaban J connectivity index is 1.42. The fraction of sp³-hybridized carbons (Fsp3) is 0.490. The molecule has 5 bridgehead atoms. The number of aromatic hydroxyl groups is 1. The average molecular weight is 898 g/mol. The molecule has 9 atom stereocenters. The lowest BCUT2D eigenvalue weighted by molar-refractivity contribution is -0.162. The monoisotopic (exact) mass is 897 g/mol. The predicted octanol–water partition coefficient (Wildman–Crippen LogP) is 6.78. The zero-order valence-electron chi connectivity index (χ0n) is 38.5. The molecule has 16 heteroatoms. The molecule has 348 valence electrons. The van der Waals surface area contributed by atoms with Crippen LogP contribution < -0.4 is 25.5 Å². The number of anilines is 1. The van der Waals surface area contributed by atoms with Gasteiger partial charge in [-0.05, 0) is 58.0 Å². The Bertz CT molecular complexity index is 2670. The number of carbonyl (C=O) groups excluding carboxylic acids is 3. The number of phenols is 1. The van der Waals surface area contributed by atoms with Crippen LogP contribution in [0, 0.1) is 30.6 Å². The molecule has 1 amide bonds. The summed E-state index contributed by atoms with van der Waals surface area (Å²) in [6, 6.07) is 5.12. The Morgan fingerprint density at radius 3 is 2.35 bits per heavy atom. The first kappa shape index (κ1) is 47.2. The first-order valence-corrected chi connectivity index (χ1v) is 22.0. The van der Waals surface area contributed by atoms with Crippen LogP contribution in [0.25, 0.3) is 33.0 Å². The summed E-state index contributed by atoms with van der Waals surface area (Å²) in [6.45, 7) is 14.8. The summed E-state index contributed by atoms with van der Waals surface area (Å²) in [5.41, 5.74) is -0.312. The third kappa shape index (κ3) is 8.96. The lowest BCUT2D eigenvalue weighted by Gasteiger charge is -2.39. The fourth-order valence-corrected chi connectivity index (χ4v) is 9.38. The van der Waals surface area contributed by atoms with Crippen LogP contribution in [-0.2, 0) is 28.5 Å². The third-order valence-corrected chi connectivity index (χ3v) is 13.1. The Morgan fingerprint density at radius 2 is 1.68 bits per heavy atom. The second-order valence-corrected chi connectivity index (χ2v) is 17.6. The van der Waals surface area contributed by atoms with Crippen LogP contribution >= 0.6 is 0 Å². The molecule has 0 unspecified atom stereocenters. The third-order valence-electron chi connectivity index (χ3n) is 13.1. The highest BCUT2D eigenvalue weighted by Crippen LogP contribution is 2.48. The number of methoxy groups -OCH3 is 2. The van der Waals surface area contributed by atoms with Gasteiger partial charge in [0.2, 0.25) is 0 Å². The lowest BCUT2D eigenvalue weighted by atomic mass is 9.78. The highest BCUT2D eigenvalue weighted by atomic mass is 16.7. The van der Waals surface area contributed by atoms with Gasteiger partial charge < -0.3 is 53.7 Å². The van der Waals surface area contributed by atoms with Crippen molar-refractivity contribution in [3.05, 3.63) is 75.7 Å². The molecular weight excluding hydrogens is 839 g/mol. The number of benzene rings is 3. The number of amides is 1. The maximum Gasteiger partial charge on any atom is 0.312 e. The summed E-state index contributed by atoms with van der Waals surface area (Å²) in [5.74, 6) is -5.92. The molecule has 4 aliphatic heterocycles. The van der Waals surface area contributed by atoms with Crippen LogP contribution in [0.1, 0.15) is 77.2 Å². The molecule has 1 fully saturated rings. The largest absolute Gasteiger partial charge is 0.505 e. The van der Waals surface area contributed by atoms with Crippen molar-refractivity contribution in [1.29, 1.82) is 0 Å². The Kier molecular flexibility index (Phi) is 13.8. The number of nitrogens with one attached hydrogen (secondary N) is 2. The number of fused-ring (bicyclic) bond motifs is 14. The maximum atomic E-state index is 14.8. The van der Waals surface area contributed by atoms with Crippen LogP contribution in [0.5, 0.6) is 17.2 Å². The van der Waals surface area contributed by atoms with E-state index in [0.717, 1.165) is 25.9 Å². The first-order valence-electron chi connectivity index (χ1n) is 22.0. The van der Waals surface area contributed by atoms with Crippen LogP contribution in [0.4, 0.5) is 5.69 Å². The number of allylic oxidation sites excluding steroid dienone is 2. The number of ether oxygens (including phenoxy) is 6. The van der Waals surface area contributed by atoms with Crippen LogP contribution in [0.3, 0.4) is 0 Å². The van der Waals surface area contributed by atoms with Gasteiger partial charge in [-0.25, -0.2) is 4.98 Å². The average Bonchev–Trinajstić information content (AvgIpc) is 3.55. The summed E-state index contributed by atoms with van der Waals surface area (Å²) < 4.78 is 42.9. The van der Waals surface area contributed by atoms with Crippen molar-refractivity contribution in [2.24, 2.45) is 23.7 Å². The standard InChI is InChI=1S/C49H59N3O13/c1-23-12-11-13-24(2)48(58)52-39-42(56)36-35(38-46(39)64-34-22-31(14-15-32(34)51-38)63-30-16-19-50-20-17-30)37-45(27(5)41(36)55)65-49(8,47(37)57)61-21-18-33(59-9)25(3)44(62-29(7)53)28(6)43(60-10)26(4)40(23)54/h11-15,18,21-23,25-26,28,30,33,40,43-44,50,54,56H,16-17,19-20H2,1-10H3,(H,52,58)/b12-11+,21-18+,24-13-/t23-,25+,26+,28+,33-,40-,43+,44+,49-/m0/s1. The van der Waals surface area contributed by atoms with E-state index in [0.29, 0.717) is 11.3 Å². The summed E-state index contributed by atoms with van der Waals surface area (Å²) >= 11 is 0. The number of aliphatic hydroxyl groups is 1. The number of hydrogen-bond acceptors (Lipinski definition) is 15. The molecule has 0 radical (unpaired) electrons. The first-order chi connectivity index (χ1) is 30.9. The molecule has 5 heterocycles. The Morgan fingerprint density at radius 1 is 0.954 bits per heavy atom. The summed E-state index contributed by atoms with van der Waals surface area (Å²) in [7, 11) is 3.02. The number of piperidine rings is 1. The Hall–Kier alpha value is -5.81. The molecule has 1 aromatic heterocycles. The smallest absolute Gasteiger partial charge is 0.312 e. The number of aliphatic hydroxyl groups excluding tert-OH is 1. The molecule has 0 saturated carbocycles. The number of nitrogens with zero attached hydrogens (tertiary/aromatic N) is 1. The number of rotatable bonds is 5. The van der Waals surface area contributed by atoms with Gasteiger partial charge in [-0.2, -0.15) is 0 Å². The molecule has 4 aromatic rings. The van der Waals surface area contributed by atoms with E-state index in [1.807, 2.05) is 27.7 Å². The Labute approximate surface area is 376 Å². The number of phenolic OH excluding ortho intramolecular Hbond substituents is 1. The minimum Gasteiger partial charge on any atom is -0.505 e. The molecule has 3 aromatic carbocycles. The second-order valence-electron chi connectivity index (χ2n) is 17.6. The number of Topliss-reactive ketones (excluding diaryl/α,β-unsaturated/α-hetero) is 1. The van der Waals surface area contributed by atoms with Crippen molar-refractivity contribution in [2.45, 2.75) is 105 Å². The number of aromatic nitrogens is 1. The van der Waals surface area contributed by atoms with E-state index >= 15 is 0 Å². The second kappa shape index (κ2) is 19.0. The van der Waals surface area contributed by atoms with E-state index in [9.17, 15) is 29.4 Å². The van der Waals surface area contributed by atoms with Crippen molar-refractivity contribution in [3.63, 3.8) is 0 Å². The zero-order chi connectivity index (χ0) is 47.1. The van der Waals surface area contributed by atoms with E-state index in [1.54, 1.807) is 49.4 Å². The molecule has 65 heavy (non-hydrogen) atoms. The number of ketones is 1. The normalized spacial score (nSPS) is 30.1. The molecule has 4 N–H and O–H groups in total. The van der Waals surface area contributed by atoms with E-state index in [4.69, 9.17) is 37.8 Å². The van der Waals surface area contributed by atoms with Crippen molar-refractivity contribution in [1.82, 2.24) is 10.3 Å². The molecule has 8 rings (SSSR count). The molecule has 1 saturated heterocycles. The van der Waals surface area contributed by atoms with Gasteiger partial charge in [0.15, 0.2) is 22.3 Å². The van der Waals surface area contributed by atoms with Gasteiger partial charge in [0.25, 0.3) is 11.7 Å². The summed E-state index contributed by atoms with van der Waals surface area (Å²) in [4.78, 5) is 60.6. The van der Waals surface area contributed by atoms with E-state index < -0.39 is 82.7 Å². The van der Waals surface area contributed by atoms with E-state index in [1.165, 1.54) is 41.3 Å². The van der Waals surface area contributed by atoms with Crippen molar-refractivity contribution in [3.8, 4) is 17.2 Å². The molecule has 16 nitrogen and oxygen atoms in total. The minimum absolute atomic E-state index is 0.00102. The number of carbonyl (C=O) groups is 3. The van der Waals surface area contributed by atoms with Gasteiger partial charge in [-0.3, -0.25) is 19.2 Å². The fourth-order valence-electron chi connectivity index (χ4n) is 9.38. The van der Waals surface area contributed by atoms with Crippen LogP contribution in [0.15, 0.2) is 63.6 Å². The quantitative estimate of drug-likeness (QED) is 0.0703. The van der Waals surface area contributed by atoms with Crippen molar-refractivity contribution in [2.75, 3.05) is 32.6 Å². The lowest BCUT2D eigenvalue weighted by Crippen LogP contribution is -2.47.